The molecule has 6 nitrogen and oxygen atoms in total. The van der Waals surface area contributed by atoms with Crippen LogP contribution in [0.15, 0.2) is 54.6 Å². The van der Waals surface area contributed by atoms with Crippen molar-refractivity contribution in [2.75, 3.05) is 23.7 Å². The van der Waals surface area contributed by atoms with E-state index in [1.54, 1.807) is 12.1 Å². The number of nitrogens with one attached hydrogen (secondary N) is 1. The SMILES string of the molecule is CS(=O)(=O)N1CCC(NC(=O)CCOc2ccccc2)c2ccccc21. The number of ether oxygens (including phenoxy) is 1. The second kappa shape index (κ2) is 7.78. The molecule has 1 amide bonds. The first-order valence-electron chi connectivity index (χ1n) is 8.49. The molecule has 0 bridgehead atoms. The van der Waals surface area contributed by atoms with E-state index in [1.165, 1.54) is 10.6 Å². The van der Waals surface area contributed by atoms with E-state index in [0.29, 0.717) is 25.3 Å². The van der Waals surface area contributed by atoms with Crippen LogP contribution in [-0.2, 0) is 14.8 Å². The van der Waals surface area contributed by atoms with Crippen LogP contribution in [-0.4, -0.2) is 33.7 Å². The molecule has 1 heterocycles. The summed E-state index contributed by atoms with van der Waals surface area (Å²) in [6, 6.07) is 16.4. The molecule has 0 spiro atoms. The molecule has 138 valence electrons. The summed E-state index contributed by atoms with van der Waals surface area (Å²) in [4.78, 5) is 12.3. The van der Waals surface area contributed by atoms with Crippen molar-refractivity contribution in [3.63, 3.8) is 0 Å². The predicted octanol–water partition coefficient (Wildman–Crippen LogP) is 2.48. The van der Waals surface area contributed by atoms with E-state index in [9.17, 15) is 13.2 Å². The minimum Gasteiger partial charge on any atom is -0.493 e. The zero-order valence-electron chi connectivity index (χ0n) is 14.6. The number of para-hydroxylation sites is 2. The maximum Gasteiger partial charge on any atom is 0.232 e. The topological polar surface area (TPSA) is 75.7 Å². The Morgan fingerprint density at radius 2 is 1.85 bits per heavy atom. The minimum atomic E-state index is -3.34. The Labute approximate surface area is 153 Å². The summed E-state index contributed by atoms with van der Waals surface area (Å²) in [7, 11) is -3.34. The monoisotopic (exact) mass is 374 g/mol. The van der Waals surface area contributed by atoms with Crippen LogP contribution >= 0.6 is 0 Å². The first-order chi connectivity index (χ1) is 12.4. The van der Waals surface area contributed by atoms with E-state index in [-0.39, 0.29) is 18.4 Å². The summed E-state index contributed by atoms with van der Waals surface area (Å²) in [5.41, 5.74) is 1.45. The molecule has 7 heteroatoms. The number of rotatable bonds is 6. The highest BCUT2D eigenvalue weighted by Gasteiger charge is 2.30. The Bertz CT molecular complexity index is 868. The summed E-state index contributed by atoms with van der Waals surface area (Å²) >= 11 is 0. The van der Waals surface area contributed by atoms with Gasteiger partial charge in [0, 0.05) is 6.54 Å². The third-order valence-electron chi connectivity index (χ3n) is 4.28. The number of carbonyl (C=O) groups excluding carboxylic acids is 1. The Morgan fingerprint density at radius 3 is 2.58 bits per heavy atom. The zero-order valence-corrected chi connectivity index (χ0v) is 15.4. The van der Waals surface area contributed by atoms with Crippen molar-refractivity contribution in [1.29, 1.82) is 0 Å². The Balaban J connectivity index is 1.62. The molecule has 0 fully saturated rings. The first kappa shape index (κ1) is 18.3. The largest absolute Gasteiger partial charge is 0.493 e. The number of anilines is 1. The van der Waals surface area contributed by atoms with Gasteiger partial charge in [-0.3, -0.25) is 9.10 Å². The number of sulfonamides is 1. The Morgan fingerprint density at radius 1 is 1.15 bits per heavy atom. The fourth-order valence-corrected chi connectivity index (χ4v) is 4.03. The minimum absolute atomic E-state index is 0.117. The quantitative estimate of drug-likeness (QED) is 0.843. The number of carbonyl (C=O) groups is 1. The van der Waals surface area contributed by atoms with Crippen LogP contribution in [0.5, 0.6) is 5.75 Å². The molecule has 1 N–H and O–H groups in total. The lowest BCUT2D eigenvalue weighted by molar-refractivity contribution is -0.122. The number of amides is 1. The second-order valence-electron chi connectivity index (χ2n) is 6.21. The van der Waals surface area contributed by atoms with Crippen molar-refractivity contribution in [3.05, 3.63) is 60.2 Å². The lowest BCUT2D eigenvalue weighted by atomic mass is 9.98. The zero-order chi connectivity index (χ0) is 18.6. The highest BCUT2D eigenvalue weighted by Crippen LogP contribution is 2.34. The number of hydrogen-bond acceptors (Lipinski definition) is 4. The Kier molecular flexibility index (Phi) is 5.46. The van der Waals surface area contributed by atoms with Crippen molar-refractivity contribution in [1.82, 2.24) is 5.32 Å². The molecule has 1 atom stereocenters. The lowest BCUT2D eigenvalue weighted by Gasteiger charge is -2.34. The Hall–Kier alpha value is -2.54. The first-order valence-corrected chi connectivity index (χ1v) is 10.3. The van der Waals surface area contributed by atoms with Gasteiger partial charge in [-0.05, 0) is 30.2 Å². The molecule has 2 aromatic rings. The third kappa shape index (κ3) is 4.35. The molecule has 0 aromatic heterocycles. The standard InChI is InChI=1S/C19H22N2O4S/c1-26(23,24)21-13-11-17(16-9-5-6-10-18(16)21)20-19(22)12-14-25-15-7-3-2-4-8-15/h2-10,17H,11-14H2,1H3,(H,20,22). The van der Waals surface area contributed by atoms with Gasteiger partial charge in [0.15, 0.2) is 0 Å². The van der Waals surface area contributed by atoms with Crippen molar-refractivity contribution >= 4 is 21.6 Å². The average molecular weight is 374 g/mol. The van der Waals surface area contributed by atoms with Gasteiger partial charge in [0.2, 0.25) is 15.9 Å². The normalized spacial score (nSPS) is 16.7. The molecule has 3 rings (SSSR count). The summed E-state index contributed by atoms with van der Waals surface area (Å²) < 4.78 is 30.9. The van der Waals surface area contributed by atoms with E-state index in [4.69, 9.17) is 4.74 Å². The van der Waals surface area contributed by atoms with Gasteiger partial charge in [-0.1, -0.05) is 36.4 Å². The molecule has 2 aromatic carbocycles. The van der Waals surface area contributed by atoms with E-state index in [0.717, 1.165) is 11.3 Å². The molecule has 0 radical (unpaired) electrons. The van der Waals surface area contributed by atoms with E-state index < -0.39 is 10.0 Å². The van der Waals surface area contributed by atoms with Crippen LogP contribution in [0.25, 0.3) is 0 Å². The smallest absolute Gasteiger partial charge is 0.232 e. The van der Waals surface area contributed by atoms with Gasteiger partial charge >= 0.3 is 0 Å². The number of benzene rings is 2. The number of nitrogens with zero attached hydrogens (tertiary/aromatic N) is 1. The van der Waals surface area contributed by atoms with Gasteiger partial charge in [0.25, 0.3) is 0 Å². The molecule has 1 aliphatic rings. The maximum absolute atomic E-state index is 12.3. The van der Waals surface area contributed by atoms with Crippen LogP contribution in [0.2, 0.25) is 0 Å². The fourth-order valence-electron chi connectivity index (χ4n) is 3.07. The second-order valence-corrected chi connectivity index (χ2v) is 8.12. The molecule has 1 aliphatic heterocycles. The van der Waals surface area contributed by atoms with Gasteiger partial charge in [-0.15, -0.1) is 0 Å². The van der Waals surface area contributed by atoms with Crippen molar-refractivity contribution in [3.8, 4) is 5.75 Å². The van der Waals surface area contributed by atoms with Crippen LogP contribution in [0.3, 0.4) is 0 Å². The van der Waals surface area contributed by atoms with Crippen molar-refractivity contribution < 1.29 is 17.9 Å². The molecular weight excluding hydrogens is 352 g/mol. The van der Waals surface area contributed by atoms with Crippen LogP contribution in [0.4, 0.5) is 5.69 Å². The maximum atomic E-state index is 12.3. The van der Waals surface area contributed by atoms with Crippen molar-refractivity contribution in [2.45, 2.75) is 18.9 Å². The third-order valence-corrected chi connectivity index (χ3v) is 5.46. The number of fused-ring (bicyclic) bond motifs is 1. The van der Waals surface area contributed by atoms with Crippen LogP contribution in [0.1, 0.15) is 24.4 Å². The molecular formula is C19H22N2O4S. The molecule has 0 aliphatic carbocycles. The summed E-state index contributed by atoms with van der Waals surface area (Å²) in [6.07, 6.45) is 1.97. The lowest BCUT2D eigenvalue weighted by Crippen LogP contribution is -2.40. The summed E-state index contributed by atoms with van der Waals surface area (Å²) in [5.74, 6) is 0.612. The van der Waals surface area contributed by atoms with E-state index in [2.05, 4.69) is 5.32 Å². The van der Waals surface area contributed by atoms with Gasteiger partial charge in [-0.2, -0.15) is 0 Å². The molecule has 26 heavy (non-hydrogen) atoms. The van der Waals surface area contributed by atoms with Crippen LogP contribution in [0, 0.1) is 0 Å². The average Bonchev–Trinajstić information content (AvgIpc) is 2.62. The van der Waals surface area contributed by atoms with Gasteiger partial charge in [-0.25, -0.2) is 8.42 Å². The summed E-state index contributed by atoms with van der Waals surface area (Å²) in [5, 5.41) is 2.99. The van der Waals surface area contributed by atoms with E-state index in [1.807, 2.05) is 42.5 Å². The highest BCUT2D eigenvalue weighted by atomic mass is 32.2. The van der Waals surface area contributed by atoms with Crippen molar-refractivity contribution in [2.24, 2.45) is 0 Å². The fraction of sp³-hybridized carbons (Fsp3) is 0.316. The predicted molar refractivity (Wildman–Crippen MR) is 101 cm³/mol. The van der Waals surface area contributed by atoms with Gasteiger partial charge < -0.3 is 10.1 Å². The summed E-state index contributed by atoms with van der Waals surface area (Å²) in [6.45, 7) is 0.640. The van der Waals surface area contributed by atoms with Gasteiger partial charge in [0.05, 0.1) is 31.0 Å². The molecule has 1 unspecified atom stereocenters. The number of hydrogen-bond donors (Lipinski definition) is 1. The van der Waals surface area contributed by atoms with Crippen LogP contribution < -0.4 is 14.4 Å². The molecule has 0 saturated carbocycles. The van der Waals surface area contributed by atoms with Gasteiger partial charge in [0.1, 0.15) is 5.75 Å². The van der Waals surface area contributed by atoms with E-state index >= 15 is 0 Å². The highest BCUT2D eigenvalue weighted by molar-refractivity contribution is 7.92. The molecule has 0 saturated heterocycles.